The van der Waals surface area contributed by atoms with Gasteiger partial charge in [-0.05, 0) is 53.3 Å². The fraction of sp³-hybridized carbons (Fsp3) is 0.208. The lowest BCUT2D eigenvalue weighted by molar-refractivity contribution is -0.127. The van der Waals surface area contributed by atoms with E-state index in [1.165, 1.54) is 10.4 Å². The van der Waals surface area contributed by atoms with Crippen LogP contribution in [0.5, 0.6) is 11.5 Å². The van der Waals surface area contributed by atoms with E-state index >= 15 is 0 Å². The third kappa shape index (κ3) is 3.91. The van der Waals surface area contributed by atoms with Crippen molar-refractivity contribution in [2.24, 2.45) is 0 Å². The summed E-state index contributed by atoms with van der Waals surface area (Å²) in [6.45, 7) is 0.700. The first kappa shape index (κ1) is 19.3. The molecule has 0 N–H and O–H groups in total. The van der Waals surface area contributed by atoms with Gasteiger partial charge in [0.05, 0.1) is 20.3 Å². The van der Waals surface area contributed by atoms with Gasteiger partial charge in [-0.2, -0.15) is 0 Å². The summed E-state index contributed by atoms with van der Waals surface area (Å²) in [4.78, 5) is 16.5. The first-order valence-electron chi connectivity index (χ1n) is 9.53. The van der Waals surface area contributed by atoms with E-state index in [1.807, 2.05) is 41.3 Å². The zero-order valence-electron chi connectivity index (χ0n) is 16.5. The summed E-state index contributed by atoms with van der Waals surface area (Å²) in [7, 11) is 3.24. The number of carbonyl (C=O) groups is 1. The summed E-state index contributed by atoms with van der Waals surface area (Å²) in [6, 6.07) is 17.9. The molecule has 0 aliphatic carbocycles. The van der Waals surface area contributed by atoms with E-state index in [4.69, 9.17) is 9.47 Å². The topological polar surface area (TPSA) is 38.8 Å². The van der Waals surface area contributed by atoms with Gasteiger partial charge in [-0.25, -0.2) is 0 Å². The molecule has 0 fully saturated rings. The highest BCUT2D eigenvalue weighted by Gasteiger charge is 2.31. The van der Waals surface area contributed by atoms with Crippen LogP contribution >= 0.6 is 11.3 Å². The van der Waals surface area contributed by atoms with Crippen LogP contribution in [-0.2, 0) is 11.2 Å². The SMILES string of the molecule is COc1ccc(OC)c(/C=C/C(=O)N2CCc3sccc3[C@@H]2c2ccccc2)c1. The molecule has 1 aromatic heterocycles. The lowest BCUT2D eigenvalue weighted by Gasteiger charge is -2.35. The summed E-state index contributed by atoms with van der Waals surface area (Å²) < 4.78 is 10.7. The van der Waals surface area contributed by atoms with Gasteiger partial charge in [0.1, 0.15) is 11.5 Å². The summed E-state index contributed by atoms with van der Waals surface area (Å²) in [5.74, 6) is 1.41. The number of hydrogen-bond acceptors (Lipinski definition) is 4. The largest absolute Gasteiger partial charge is 0.497 e. The third-order valence-electron chi connectivity index (χ3n) is 5.21. The molecule has 1 aliphatic heterocycles. The molecule has 0 spiro atoms. The summed E-state index contributed by atoms with van der Waals surface area (Å²) >= 11 is 1.77. The number of benzene rings is 2. The van der Waals surface area contributed by atoms with E-state index in [-0.39, 0.29) is 11.9 Å². The maximum Gasteiger partial charge on any atom is 0.247 e. The summed E-state index contributed by atoms with van der Waals surface area (Å²) in [5.41, 5.74) is 3.17. The van der Waals surface area contributed by atoms with Crippen molar-refractivity contribution >= 4 is 23.3 Å². The van der Waals surface area contributed by atoms with Gasteiger partial charge in [0, 0.05) is 23.1 Å². The van der Waals surface area contributed by atoms with E-state index in [0.29, 0.717) is 12.3 Å². The van der Waals surface area contributed by atoms with E-state index in [1.54, 1.807) is 37.7 Å². The molecule has 1 aliphatic rings. The number of fused-ring (bicyclic) bond motifs is 1. The maximum absolute atomic E-state index is 13.2. The Bertz CT molecular complexity index is 1030. The maximum atomic E-state index is 13.2. The fourth-order valence-electron chi connectivity index (χ4n) is 3.78. The highest BCUT2D eigenvalue weighted by atomic mass is 32.1. The van der Waals surface area contributed by atoms with Crippen LogP contribution in [0.1, 0.15) is 27.6 Å². The van der Waals surface area contributed by atoms with E-state index in [9.17, 15) is 4.79 Å². The van der Waals surface area contributed by atoms with Gasteiger partial charge in [-0.1, -0.05) is 30.3 Å². The van der Waals surface area contributed by atoms with Gasteiger partial charge in [0.15, 0.2) is 0 Å². The number of rotatable bonds is 5. The second kappa shape index (κ2) is 8.53. The van der Waals surface area contributed by atoms with Crippen LogP contribution in [-0.4, -0.2) is 31.6 Å². The molecule has 0 saturated heterocycles. The van der Waals surface area contributed by atoms with Crippen LogP contribution in [0.4, 0.5) is 0 Å². The first-order chi connectivity index (χ1) is 14.2. The Morgan fingerprint density at radius 3 is 2.69 bits per heavy atom. The number of amides is 1. The van der Waals surface area contributed by atoms with Crippen molar-refractivity contribution in [2.45, 2.75) is 12.5 Å². The van der Waals surface area contributed by atoms with Crippen molar-refractivity contribution in [1.29, 1.82) is 0 Å². The molecule has 4 rings (SSSR count). The molecule has 3 aromatic rings. The molecule has 4 nitrogen and oxygen atoms in total. The Labute approximate surface area is 175 Å². The minimum absolute atomic E-state index is 0.0134. The molecule has 2 aromatic carbocycles. The van der Waals surface area contributed by atoms with Gasteiger partial charge in [0.2, 0.25) is 5.91 Å². The van der Waals surface area contributed by atoms with Crippen molar-refractivity contribution in [1.82, 2.24) is 4.90 Å². The molecule has 1 atom stereocenters. The van der Waals surface area contributed by atoms with Crippen LogP contribution < -0.4 is 9.47 Å². The third-order valence-corrected chi connectivity index (χ3v) is 6.20. The highest BCUT2D eigenvalue weighted by Crippen LogP contribution is 2.38. The molecule has 1 amide bonds. The van der Waals surface area contributed by atoms with Gasteiger partial charge >= 0.3 is 0 Å². The van der Waals surface area contributed by atoms with Crippen molar-refractivity contribution in [3.63, 3.8) is 0 Å². The van der Waals surface area contributed by atoms with Crippen LogP contribution in [0.3, 0.4) is 0 Å². The van der Waals surface area contributed by atoms with E-state index < -0.39 is 0 Å². The molecule has 0 radical (unpaired) electrons. The first-order valence-corrected chi connectivity index (χ1v) is 10.4. The number of nitrogens with zero attached hydrogens (tertiary/aromatic N) is 1. The van der Waals surface area contributed by atoms with Crippen molar-refractivity contribution < 1.29 is 14.3 Å². The normalized spacial score (nSPS) is 15.9. The quantitative estimate of drug-likeness (QED) is 0.564. The van der Waals surface area contributed by atoms with Gasteiger partial charge in [-0.15, -0.1) is 11.3 Å². The second-order valence-corrected chi connectivity index (χ2v) is 7.84. The number of ether oxygens (including phenoxy) is 2. The van der Waals surface area contributed by atoms with Gasteiger partial charge in [0.25, 0.3) is 0 Å². The minimum atomic E-state index is -0.0597. The van der Waals surface area contributed by atoms with Crippen LogP contribution in [0.25, 0.3) is 6.08 Å². The van der Waals surface area contributed by atoms with Crippen LogP contribution in [0.15, 0.2) is 66.1 Å². The fourth-order valence-corrected chi connectivity index (χ4v) is 4.68. The zero-order valence-corrected chi connectivity index (χ0v) is 17.3. The molecule has 2 heterocycles. The van der Waals surface area contributed by atoms with Gasteiger partial charge < -0.3 is 14.4 Å². The molecule has 29 heavy (non-hydrogen) atoms. The summed E-state index contributed by atoms with van der Waals surface area (Å²) in [6.07, 6.45) is 4.32. The number of carbonyl (C=O) groups excluding carboxylic acids is 1. The van der Waals surface area contributed by atoms with E-state index in [0.717, 1.165) is 23.3 Å². The predicted molar refractivity (Wildman–Crippen MR) is 117 cm³/mol. The number of methoxy groups -OCH3 is 2. The number of thiophene rings is 1. The van der Waals surface area contributed by atoms with Gasteiger partial charge in [-0.3, -0.25) is 4.79 Å². The molecule has 0 unspecified atom stereocenters. The average molecular weight is 406 g/mol. The Morgan fingerprint density at radius 1 is 1.10 bits per heavy atom. The molecule has 5 heteroatoms. The Kier molecular flexibility index (Phi) is 5.67. The Hall–Kier alpha value is -3.05. The lowest BCUT2D eigenvalue weighted by atomic mass is 9.93. The Balaban J connectivity index is 1.65. The van der Waals surface area contributed by atoms with Crippen molar-refractivity contribution in [3.8, 4) is 11.5 Å². The molecular formula is C24H23NO3S. The predicted octanol–water partition coefficient (Wildman–Crippen LogP) is 4.95. The standard InChI is InChI=1S/C24H23NO3S/c1-27-19-9-10-21(28-2)18(16-19)8-11-23(26)25-14-12-22-20(13-15-29-22)24(25)17-6-4-3-5-7-17/h3-11,13,15-16,24H,12,14H2,1-2H3/b11-8+/t24-/m0/s1. The number of hydrogen-bond donors (Lipinski definition) is 0. The smallest absolute Gasteiger partial charge is 0.247 e. The summed E-state index contributed by atoms with van der Waals surface area (Å²) in [5, 5.41) is 2.12. The van der Waals surface area contributed by atoms with Crippen LogP contribution in [0.2, 0.25) is 0 Å². The monoisotopic (exact) mass is 405 g/mol. The molecule has 148 valence electrons. The van der Waals surface area contributed by atoms with Crippen molar-refractivity contribution in [2.75, 3.05) is 20.8 Å². The van der Waals surface area contributed by atoms with Crippen molar-refractivity contribution in [3.05, 3.63) is 87.6 Å². The zero-order chi connectivity index (χ0) is 20.2. The van der Waals surface area contributed by atoms with Crippen LogP contribution in [0, 0.1) is 0 Å². The average Bonchev–Trinajstić information content (AvgIpc) is 3.26. The van der Waals surface area contributed by atoms with E-state index in [2.05, 4.69) is 23.6 Å². The minimum Gasteiger partial charge on any atom is -0.497 e. The second-order valence-electron chi connectivity index (χ2n) is 6.84. The lowest BCUT2D eigenvalue weighted by Crippen LogP contribution is -2.39. The Morgan fingerprint density at radius 2 is 1.93 bits per heavy atom. The molecule has 0 saturated carbocycles. The molecular weight excluding hydrogens is 382 g/mol. The molecule has 0 bridgehead atoms. The highest BCUT2D eigenvalue weighted by molar-refractivity contribution is 7.10.